The molecule has 1 rings (SSSR count). The minimum absolute atomic E-state index is 0.0276. The summed E-state index contributed by atoms with van der Waals surface area (Å²) in [5.74, 6) is -1.99. The molecule has 0 spiro atoms. The van der Waals surface area contributed by atoms with E-state index in [4.69, 9.17) is 0 Å². The molecule has 0 N–H and O–H groups in total. The number of esters is 1. The first-order valence-electron chi connectivity index (χ1n) is 5.75. The van der Waals surface area contributed by atoms with Crippen LogP contribution in [-0.4, -0.2) is 24.6 Å². The molecule has 0 aromatic heterocycles. The molecule has 2 atom stereocenters. The predicted molar refractivity (Wildman–Crippen MR) is 57.8 cm³/mol. The summed E-state index contributed by atoms with van der Waals surface area (Å²) in [5, 5.41) is 0. The van der Waals surface area contributed by atoms with Gasteiger partial charge in [0.2, 0.25) is 0 Å². The van der Waals surface area contributed by atoms with Crippen LogP contribution in [0.25, 0.3) is 0 Å². The summed E-state index contributed by atoms with van der Waals surface area (Å²) in [6.07, 6.45) is 2.92. The molecular weight excluding hydrogens is 208 g/mol. The highest BCUT2D eigenvalue weighted by Crippen LogP contribution is 2.30. The second-order valence-electron chi connectivity index (χ2n) is 4.18. The minimum atomic E-state index is -0.861. The highest BCUT2D eigenvalue weighted by molar-refractivity contribution is 6.03. The fourth-order valence-corrected chi connectivity index (χ4v) is 2.24. The van der Waals surface area contributed by atoms with Crippen LogP contribution >= 0.6 is 0 Å². The van der Waals surface area contributed by atoms with Crippen molar-refractivity contribution in [1.29, 1.82) is 0 Å². The Kier molecular flexibility index (Phi) is 4.65. The molecule has 2 unspecified atom stereocenters. The number of hydrogen-bond acceptors (Lipinski definition) is 4. The molecule has 0 saturated heterocycles. The molecular formula is C12H18O4. The van der Waals surface area contributed by atoms with Gasteiger partial charge in [0.25, 0.3) is 0 Å². The molecule has 1 saturated carbocycles. The second kappa shape index (κ2) is 5.77. The molecule has 4 heteroatoms. The normalized spacial score (nSPS) is 21.9. The summed E-state index contributed by atoms with van der Waals surface area (Å²) >= 11 is 0. The molecule has 0 bridgehead atoms. The van der Waals surface area contributed by atoms with Gasteiger partial charge in [0.05, 0.1) is 7.11 Å². The summed E-state index contributed by atoms with van der Waals surface area (Å²) < 4.78 is 4.63. The number of rotatable bonds is 5. The molecule has 90 valence electrons. The third-order valence-corrected chi connectivity index (χ3v) is 3.05. The van der Waals surface area contributed by atoms with Crippen molar-refractivity contribution in [2.45, 2.75) is 39.0 Å². The zero-order valence-corrected chi connectivity index (χ0v) is 9.82. The van der Waals surface area contributed by atoms with Gasteiger partial charge in [0.1, 0.15) is 17.5 Å². The number of carbonyl (C=O) groups excluding carboxylic acids is 3. The van der Waals surface area contributed by atoms with Crippen LogP contribution in [0.5, 0.6) is 0 Å². The van der Waals surface area contributed by atoms with Crippen molar-refractivity contribution in [1.82, 2.24) is 0 Å². The monoisotopic (exact) mass is 226 g/mol. The first kappa shape index (κ1) is 12.9. The van der Waals surface area contributed by atoms with E-state index >= 15 is 0 Å². The fourth-order valence-electron chi connectivity index (χ4n) is 2.24. The van der Waals surface area contributed by atoms with Crippen LogP contribution < -0.4 is 0 Å². The largest absolute Gasteiger partial charge is 0.468 e. The lowest BCUT2D eigenvalue weighted by atomic mass is 9.85. The Morgan fingerprint density at radius 2 is 2.19 bits per heavy atom. The average molecular weight is 226 g/mol. The molecule has 0 aromatic carbocycles. The maximum atomic E-state index is 11.8. The Balaban J connectivity index is 2.82. The molecule has 0 aliphatic heterocycles. The zero-order valence-electron chi connectivity index (χ0n) is 9.82. The van der Waals surface area contributed by atoms with Crippen LogP contribution in [-0.2, 0) is 19.1 Å². The molecule has 1 aliphatic rings. The van der Waals surface area contributed by atoms with Gasteiger partial charge in [0, 0.05) is 18.8 Å². The van der Waals surface area contributed by atoms with Gasteiger partial charge in [-0.25, -0.2) is 0 Å². The van der Waals surface area contributed by atoms with Gasteiger partial charge in [-0.15, -0.1) is 0 Å². The Morgan fingerprint density at radius 1 is 1.50 bits per heavy atom. The van der Waals surface area contributed by atoms with Crippen molar-refractivity contribution in [2.24, 2.45) is 11.8 Å². The van der Waals surface area contributed by atoms with Gasteiger partial charge in [-0.2, -0.15) is 0 Å². The fraction of sp³-hybridized carbons (Fsp3) is 0.750. The molecule has 0 aromatic rings. The third-order valence-electron chi connectivity index (χ3n) is 3.05. The summed E-state index contributed by atoms with van der Waals surface area (Å²) in [6.45, 7) is 1.88. The van der Waals surface area contributed by atoms with Gasteiger partial charge < -0.3 is 4.74 Å². The Bertz CT molecular complexity index is 295. The molecule has 0 radical (unpaired) electrons. The molecule has 16 heavy (non-hydrogen) atoms. The highest BCUT2D eigenvalue weighted by atomic mass is 16.5. The van der Waals surface area contributed by atoms with E-state index in [2.05, 4.69) is 4.74 Å². The van der Waals surface area contributed by atoms with E-state index in [9.17, 15) is 14.4 Å². The average Bonchev–Trinajstić information content (AvgIpc) is 2.65. The van der Waals surface area contributed by atoms with E-state index in [-0.39, 0.29) is 11.6 Å². The Labute approximate surface area is 95.3 Å². The topological polar surface area (TPSA) is 60.4 Å². The van der Waals surface area contributed by atoms with E-state index in [0.29, 0.717) is 25.7 Å². The van der Waals surface area contributed by atoms with Crippen LogP contribution in [0.4, 0.5) is 0 Å². The van der Waals surface area contributed by atoms with Crippen LogP contribution in [0.3, 0.4) is 0 Å². The molecule has 1 fully saturated rings. The predicted octanol–water partition coefficient (Wildman–Crippen LogP) is 1.51. The summed E-state index contributed by atoms with van der Waals surface area (Å²) in [6, 6.07) is 0. The maximum Gasteiger partial charge on any atom is 0.316 e. The van der Waals surface area contributed by atoms with Crippen LogP contribution in [0, 0.1) is 11.8 Å². The van der Waals surface area contributed by atoms with Crippen molar-refractivity contribution < 1.29 is 19.1 Å². The number of methoxy groups -OCH3 is 1. The maximum absolute atomic E-state index is 11.8. The number of ketones is 2. The Morgan fingerprint density at radius 3 is 2.62 bits per heavy atom. The first-order valence-corrected chi connectivity index (χ1v) is 5.75. The quantitative estimate of drug-likeness (QED) is 0.526. The number of Topliss-reactive ketones (excluding diaryl/α,β-unsaturated/α-hetero) is 2. The van der Waals surface area contributed by atoms with Gasteiger partial charge >= 0.3 is 5.97 Å². The lowest BCUT2D eigenvalue weighted by Gasteiger charge is -2.18. The van der Waals surface area contributed by atoms with Gasteiger partial charge in [-0.1, -0.05) is 6.92 Å². The van der Waals surface area contributed by atoms with Gasteiger partial charge in [0.15, 0.2) is 0 Å². The zero-order chi connectivity index (χ0) is 12.1. The number of carbonyl (C=O) groups is 3. The van der Waals surface area contributed by atoms with E-state index in [1.54, 1.807) is 0 Å². The molecule has 0 heterocycles. The van der Waals surface area contributed by atoms with Crippen LogP contribution in [0.15, 0.2) is 0 Å². The van der Waals surface area contributed by atoms with E-state index in [1.165, 1.54) is 7.11 Å². The van der Waals surface area contributed by atoms with E-state index in [1.807, 2.05) is 6.92 Å². The Hall–Kier alpha value is -1.19. The number of hydrogen-bond donors (Lipinski definition) is 0. The third kappa shape index (κ3) is 2.68. The van der Waals surface area contributed by atoms with Crippen molar-refractivity contribution >= 4 is 17.5 Å². The van der Waals surface area contributed by atoms with E-state index < -0.39 is 17.8 Å². The molecule has 4 nitrogen and oxygen atoms in total. The lowest BCUT2D eigenvalue weighted by Crippen LogP contribution is -2.34. The van der Waals surface area contributed by atoms with Crippen LogP contribution in [0.1, 0.15) is 39.0 Å². The van der Waals surface area contributed by atoms with Gasteiger partial charge in [-0.05, 0) is 19.3 Å². The summed E-state index contributed by atoms with van der Waals surface area (Å²) in [5.41, 5.74) is 0. The standard InChI is InChI=1S/C12H18O4/c1-3-5-10(14)11(12(15)16-2)8-6-4-7-9(8)13/h8,11H,3-7H2,1-2H3. The SMILES string of the molecule is CCCC(=O)C(C(=O)OC)C1CCCC1=O. The second-order valence-corrected chi connectivity index (χ2v) is 4.18. The lowest BCUT2D eigenvalue weighted by molar-refractivity contribution is -0.153. The van der Waals surface area contributed by atoms with Crippen molar-refractivity contribution in [3.63, 3.8) is 0 Å². The van der Waals surface area contributed by atoms with Crippen molar-refractivity contribution in [3.05, 3.63) is 0 Å². The van der Waals surface area contributed by atoms with Crippen LogP contribution in [0.2, 0.25) is 0 Å². The highest BCUT2D eigenvalue weighted by Gasteiger charge is 2.41. The first-order chi connectivity index (χ1) is 7.61. The van der Waals surface area contributed by atoms with Crippen molar-refractivity contribution in [3.8, 4) is 0 Å². The minimum Gasteiger partial charge on any atom is -0.468 e. The van der Waals surface area contributed by atoms with Crippen molar-refractivity contribution in [2.75, 3.05) is 7.11 Å². The summed E-state index contributed by atoms with van der Waals surface area (Å²) in [4.78, 5) is 35.0. The smallest absolute Gasteiger partial charge is 0.316 e. The van der Waals surface area contributed by atoms with E-state index in [0.717, 1.165) is 6.42 Å². The molecule has 0 amide bonds. The van der Waals surface area contributed by atoms with Gasteiger partial charge in [-0.3, -0.25) is 14.4 Å². The summed E-state index contributed by atoms with van der Waals surface area (Å²) in [7, 11) is 1.26. The number of ether oxygens (including phenoxy) is 1. The molecule has 1 aliphatic carbocycles.